The van der Waals surface area contributed by atoms with Gasteiger partial charge in [0.25, 0.3) is 0 Å². The molecule has 0 aliphatic heterocycles. The second-order valence-electron chi connectivity index (χ2n) is 4.91. The van der Waals surface area contributed by atoms with Crippen LogP contribution in [0.2, 0.25) is 0 Å². The zero-order valence-corrected chi connectivity index (χ0v) is 10.4. The van der Waals surface area contributed by atoms with E-state index in [-0.39, 0.29) is 24.5 Å². The molecule has 18 heavy (non-hydrogen) atoms. The zero-order chi connectivity index (χ0) is 13.0. The molecule has 0 aromatic heterocycles. The molecule has 1 saturated carbocycles. The Labute approximate surface area is 107 Å². The van der Waals surface area contributed by atoms with Crippen LogP contribution in [0.15, 0.2) is 24.3 Å². The lowest BCUT2D eigenvalue weighted by Crippen LogP contribution is -2.30. The van der Waals surface area contributed by atoms with Crippen LogP contribution in [-0.2, 0) is 17.9 Å². The summed E-state index contributed by atoms with van der Waals surface area (Å²) in [6, 6.07) is 7.75. The summed E-state index contributed by atoms with van der Waals surface area (Å²) in [5.41, 5.74) is 7.63. The molecule has 1 aromatic carbocycles. The molecule has 4 nitrogen and oxygen atoms in total. The number of carbonyl (C=O) groups is 1. The van der Waals surface area contributed by atoms with E-state index in [0.717, 1.165) is 30.4 Å². The predicted octanol–water partition coefficient (Wildman–Crippen LogP) is 0.922. The van der Waals surface area contributed by atoms with Gasteiger partial charge in [0, 0.05) is 18.5 Å². The highest BCUT2D eigenvalue weighted by atomic mass is 16.3. The highest BCUT2D eigenvalue weighted by Crippen LogP contribution is 2.24. The summed E-state index contributed by atoms with van der Waals surface area (Å²) in [5, 5.41) is 12.1. The van der Waals surface area contributed by atoms with Gasteiger partial charge in [-0.25, -0.2) is 0 Å². The molecule has 0 unspecified atom stereocenters. The number of benzene rings is 1. The largest absolute Gasteiger partial charge is 0.392 e. The van der Waals surface area contributed by atoms with E-state index < -0.39 is 0 Å². The van der Waals surface area contributed by atoms with Crippen LogP contribution in [0.25, 0.3) is 0 Å². The molecule has 1 aliphatic carbocycles. The van der Waals surface area contributed by atoms with Gasteiger partial charge in [0.2, 0.25) is 5.91 Å². The van der Waals surface area contributed by atoms with E-state index >= 15 is 0 Å². The van der Waals surface area contributed by atoms with E-state index in [4.69, 9.17) is 5.73 Å². The smallest absolute Gasteiger partial charge is 0.223 e. The summed E-state index contributed by atoms with van der Waals surface area (Å²) in [5.74, 6) is 0.136. The minimum absolute atomic E-state index is 0.000344. The fraction of sp³-hybridized carbons (Fsp3) is 0.500. The van der Waals surface area contributed by atoms with E-state index in [1.807, 2.05) is 24.3 Å². The number of aliphatic hydroxyl groups is 1. The third kappa shape index (κ3) is 3.09. The fourth-order valence-corrected chi connectivity index (χ4v) is 2.47. The second-order valence-corrected chi connectivity index (χ2v) is 4.91. The second kappa shape index (κ2) is 5.98. The molecule has 1 amide bonds. The van der Waals surface area contributed by atoms with E-state index in [1.165, 1.54) is 0 Å². The minimum atomic E-state index is 0.000344. The number of hydrogen-bond acceptors (Lipinski definition) is 3. The molecular formula is C14H20N2O2. The molecular weight excluding hydrogens is 228 g/mol. The Kier molecular flexibility index (Phi) is 4.33. The first kappa shape index (κ1) is 13.1. The summed E-state index contributed by atoms with van der Waals surface area (Å²) < 4.78 is 0. The number of hydrogen-bond donors (Lipinski definition) is 3. The Balaban J connectivity index is 1.89. The maximum absolute atomic E-state index is 11.9. The van der Waals surface area contributed by atoms with Gasteiger partial charge in [-0.2, -0.15) is 0 Å². The van der Waals surface area contributed by atoms with Gasteiger partial charge < -0.3 is 16.2 Å². The van der Waals surface area contributed by atoms with Gasteiger partial charge in [0.15, 0.2) is 0 Å². The van der Waals surface area contributed by atoms with Crippen LogP contribution in [0.5, 0.6) is 0 Å². The molecule has 4 heteroatoms. The summed E-state index contributed by atoms with van der Waals surface area (Å²) in [4.78, 5) is 11.9. The van der Waals surface area contributed by atoms with Crippen LogP contribution in [-0.4, -0.2) is 17.1 Å². The van der Waals surface area contributed by atoms with Crippen LogP contribution in [0.1, 0.15) is 30.4 Å². The third-order valence-electron chi connectivity index (χ3n) is 3.59. The summed E-state index contributed by atoms with van der Waals surface area (Å²) in [6.07, 6.45) is 2.60. The minimum Gasteiger partial charge on any atom is -0.392 e. The van der Waals surface area contributed by atoms with Gasteiger partial charge in [-0.1, -0.05) is 24.3 Å². The van der Waals surface area contributed by atoms with Crippen LogP contribution in [0.4, 0.5) is 0 Å². The molecule has 0 saturated heterocycles. The Hall–Kier alpha value is -1.39. The van der Waals surface area contributed by atoms with Gasteiger partial charge in [-0.3, -0.25) is 4.79 Å². The maximum Gasteiger partial charge on any atom is 0.223 e. The molecule has 0 radical (unpaired) electrons. The molecule has 0 bridgehead atoms. The van der Waals surface area contributed by atoms with Crippen molar-refractivity contribution >= 4 is 5.91 Å². The number of nitrogens with one attached hydrogen (secondary N) is 1. The van der Waals surface area contributed by atoms with Crippen molar-refractivity contribution in [2.45, 2.75) is 38.5 Å². The number of rotatable bonds is 4. The Morgan fingerprint density at radius 3 is 2.67 bits per heavy atom. The van der Waals surface area contributed by atoms with Crippen molar-refractivity contribution in [1.29, 1.82) is 0 Å². The van der Waals surface area contributed by atoms with E-state index in [0.29, 0.717) is 6.54 Å². The van der Waals surface area contributed by atoms with Crippen LogP contribution < -0.4 is 11.1 Å². The number of amides is 1. The first-order chi connectivity index (χ1) is 8.70. The van der Waals surface area contributed by atoms with Gasteiger partial charge in [-0.15, -0.1) is 0 Å². The highest BCUT2D eigenvalue weighted by molar-refractivity contribution is 5.79. The van der Waals surface area contributed by atoms with Gasteiger partial charge in [0.05, 0.1) is 6.61 Å². The van der Waals surface area contributed by atoms with Crippen molar-refractivity contribution < 1.29 is 9.90 Å². The van der Waals surface area contributed by atoms with Crippen LogP contribution in [0.3, 0.4) is 0 Å². The number of carbonyl (C=O) groups excluding carboxylic acids is 1. The highest BCUT2D eigenvalue weighted by Gasteiger charge is 2.27. The molecule has 2 atom stereocenters. The molecule has 98 valence electrons. The fourth-order valence-electron chi connectivity index (χ4n) is 2.47. The average Bonchev–Trinajstić information content (AvgIpc) is 2.83. The zero-order valence-electron chi connectivity index (χ0n) is 10.4. The lowest BCUT2D eigenvalue weighted by atomic mass is 10.1. The number of aliphatic hydroxyl groups excluding tert-OH is 1. The van der Waals surface area contributed by atoms with E-state index in [2.05, 4.69) is 5.32 Å². The van der Waals surface area contributed by atoms with Crippen LogP contribution >= 0.6 is 0 Å². The monoisotopic (exact) mass is 248 g/mol. The van der Waals surface area contributed by atoms with Crippen molar-refractivity contribution in [3.8, 4) is 0 Å². The molecule has 4 N–H and O–H groups in total. The van der Waals surface area contributed by atoms with Crippen LogP contribution in [0, 0.1) is 5.92 Å². The maximum atomic E-state index is 11.9. The summed E-state index contributed by atoms with van der Waals surface area (Å²) in [7, 11) is 0. The van der Waals surface area contributed by atoms with Gasteiger partial charge in [-0.05, 0) is 30.4 Å². The van der Waals surface area contributed by atoms with Crippen molar-refractivity contribution in [2.75, 3.05) is 0 Å². The van der Waals surface area contributed by atoms with Crippen molar-refractivity contribution in [1.82, 2.24) is 5.32 Å². The van der Waals surface area contributed by atoms with Crippen molar-refractivity contribution in [3.63, 3.8) is 0 Å². The molecule has 0 heterocycles. The quantitative estimate of drug-likeness (QED) is 0.741. The Bertz CT molecular complexity index is 420. The molecule has 0 spiro atoms. The van der Waals surface area contributed by atoms with Gasteiger partial charge in [0.1, 0.15) is 0 Å². The SMILES string of the molecule is N[C@H]1CC[C@H](C(=O)NCc2ccccc2CO)C1. The predicted molar refractivity (Wildman–Crippen MR) is 69.5 cm³/mol. The van der Waals surface area contributed by atoms with E-state index in [9.17, 15) is 9.90 Å². The Morgan fingerprint density at radius 2 is 2.06 bits per heavy atom. The summed E-state index contributed by atoms with van der Waals surface area (Å²) >= 11 is 0. The van der Waals surface area contributed by atoms with Crippen molar-refractivity contribution in [3.05, 3.63) is 35.4 Å². The van der Waals surface area contributed by atoms with Crippen molar-refractivity contribution in [2.24, 2.45) is 11.7 Å². The molecule has 2 rings (SSSR count). The van der Waals surface area contributed by atoms with E-state index in [1.54, 1.807) is 0 Å². The molecule has 1 aromatic rings. The molecule has 1 aliphatic rings. The average molecular weight is 248 g/mol. The first-order valence-corrected chi connectivity index (χ1v) is 6.41. The Morgan fingerprint density at radius 1 is 1.33 bits per heavy atom. The standard InChI is InChI=1S/C14H20N2O2/c15-13-6-5-10(7-13)14(18)16-8-11-3-1-2-4-12(11)9-17/h1-4,10,13,17H,5-9,15H2,(H,16,18)/t10-,13-/m0/s1. The lowest BCUT2D eigenvalue weighted by molar-refractivity contribution is -0.125. The summed E-state index contributed by atoms with van der Waals surface area (Å²) in [6.45, 7) is 0.474. The normalized spacial score (nSPS) is 23.0. The lowest BCUT2D eigenvalue weighted by Gasteiger charge is -2.12. The molecule has 1 fully saturated rings. The van der Waals surface area contributed by atoms with Gasteiger partial charge >= 0.3 is 0 Å². The topological polar surface area (TPSA) is 75.4 Å². The third-order valence-corrected chi connectivity index (χ3v) is 3.59. The number of nitrogens with two attached hydrogens (primary N) is 1. The first-order valence-electron chi connectivity index (χ1n) is 6.41.